The van der Waals surface area contributed by atoms with Crippen LogP contribution in [0.5, 0.6) is 23.0 Å². The Balaban J connectivity index is 0.000000126. The second-order valence-electron chi connectivity index (χ2n) is 38.6. The molecule has 5 atom stereocenters. The molecule has 0 spiro atoms. The maximum atomic E-state index is 14.3. The minimum atomic E-state index is -3.49. The van der Waals surface area contributed by atoms with E-state index in [1.165, 1.54) is 25.3 Å². The smallest absolute Gasteiger partial charge is 0.387 e. The van der Waals surface area contributed by atoms with Crippen molar-refractivity contribution < 1.29 is 82.1 Å². The Morgan fingerprint density at radius 2 is 0.642 bits per heavy atom. The number of methoxy groups -OCH3 is 1. The third kappa shape index (κ3) is 26.6. The lowest BCUT2D eigenvalue weighted by Gasteiger charge is -2.16. The van der Waals surface area contributed by atoms with Crippen molar-refractivity contribution in [3.8, 4) is 29.1 Å². The van der Waals surface area contributed by atoms with Gasteiger partial charge in [0.15, 0.2) is 32.9 Å². The molecule has 27 nitrogen and oxygen atoms in total. The highest BCUT2D eigenvalue weighted by atomic mass is 35.5. The van der Waals surface area contributed by atoms with Crippen LogP contribution in [0, 0.1) is 24.1 Å². The van der Waals surface area contributed by atoms with Gasteiger partial charge in [0.2, 0.25) is 29.5 Å². The molecule has 11 aliphatic rings. The molecule has 772 valence electrons. The van der Waals surface area contributed by atoms with E-state index in [2.05, 4.69) is 71.8 Å². The van der Waals surface area contributed by atoms with Crippen LogP contribution in [-0.2, 0) is 33.8 Å². The van der Waals surface area contributed by atoms with Crippen LogP contribution in [0.4, 0.5) is 30.7 Å². The van der Waals surface area contributed by atoms with Crippen LogP contribution in [0.3, 0.4) is 0 Å². The number of amides is 5. The molecule has 11 fully saturated rings. The third-order valence-corrected chi connectivity index (χ3v) is 30.8. The van der Waals surface area contributed by atoms with E-state index >= 15 is 0 Å². The van der Waals surface area contributed by atoms with Gasteiger partial charge < -0.3 is 70.5 Å². The summed E-state index contributed by atoms with van der Waals surface area (Å²) in [5, 5.41) is 23.9. The number of aryl methyl sites for hydroxylation is 1. The summed E-state index contributed by atoms with van der Waals surface area (Å²) in [6, 6.07) is 43.0. The first-order valence-corrected chi connectivity index (χ1v) is 51.8. The molecule has 10 heterocycles. The Hall–Kier alpha value is -14.4. The molecular weight excluding hydrogens is 1980 g/mol. The highest BCUT2D eigenvalue weighted by Crippen LogP contribution is 2.46. The molecule has 0 radical (unpaired) electrons. The predicted molar refractivity (Wildman–Crippen MR) is 544 cm³/mol. The second-order valence-corrected chi connectivity index (χ2v) is 41.7. The number of benzene rings is 5. The fourth-order valence-electron chi connectivity index (χ4n) is 19.3. The van der Waals surface area contributed by atoms with E-state index in [0.29, 0.717) is 184 Å². The van der Waals surface area contributed by atoms with E-state index in [-0.39, 0.29) is 126 Å². The number of carbonyl (C=O) groups is 5. The summed E-state index contributed by atoms with van der Waals surface area (Å²) >= 11 is 12.6. The topological polar surface area (TPSA) is 405 Å². The molecular formula is C111H108Cl2F7N11O16S. The number of sulfone groups is 1. The highest BCUT2D eigenvalue weighted by molar-refractivity contribution is 7.92. The number of aromatic amines is 5. The van der Waals surface area contributed by atoms with Crippen LogP contribution in [0.2, 0.25) is 10.0 Å². The molecule has 6 saturated carbocycles. The van der Waals surface area contributed by atoms with Gasteiger partial charge >= 0.3 is 19.8 Å². The second kappa shape index (κ2) is 46.4. The van der Waals surface area contributed by atoms with Crippen molar-refractivity contribution in [2.24, 2.45) is 0 Å². The molecule has 5 aromatic heterocycles. The van der Waals surface area contributed by atoms with Crippen molar-refractivity contribution >= 4 is 90.4 Å². The first kappa shape index (κ1) is 105. The predicted octanol–water partition coefficient (Wildman–Crippen LogP) is 19.0. The van der Waals surface area contributed by atoms with Gasteiger partial charge in [-0.05, 0) is 270 Å². The normalized spacial score (nSPS) is 20.0. The first-order chi connectivity index (χ1) is 71.1. The van der Waals surface area contributed by atoms with Crippen molar-refractivity contribution in [1.29, 1.82) is 5.26 Å². The van der Waals surface area contributed by atoms with Gasteiger partial charge in [0.1, 0.15) is 11.8 Å². The number of halogens is 9. The van der Waals surface area contributed by atoms with E-state index < -0.39 is 41.2 Å². The molecule has 5 saturated heterocycles. The van der Waals surface area contributed by atoms with Crippen molar-refractivity contribution in [2.75, 3.05) is 7.11 Å². The van der Waals surface area contributed by atoms with Crippen molar-refractivity contribution in [2.45, 2.75) is 251 Å². The average molecular weight is 2090 g/mol. The van der Waals surface area contributed by atoms with Gasteiger partial charge in [0.05, 0.1) is 32.9 Å². The number of H-pyrrole nitrogens is 5. The number of ether oxygens (including phenoxy) is 4. The van der Waals surface area contributed by atoms with Gasteiger partial charge in [-0.3, -0.25) is 47.9 Å². The van der Waals surface area contributed by atoms with E-state index in [1.807, 2.05) is 78.9 Å². The fourth-order valence-corrected chi connectivity index (χ4v) is 21.9. The van der Waals surface area contributed by atoms with Gasteiger partial charge in [-0.15, -0.1) is 0 Å². The molecule has 5 aromatic carbocycles. The minimum Gasteiger partial charge on any atom is -0.493 e. The zero-order valence-electron chi connectivity index (χ0n) is 80.7. The lowest BCUT2D eigenvalue weighted by molar-refractivity contribution is -0.120. The molecule has 148 heavy (non-hydrogen) atoms. The van der Waals surface area contributed by atoms with Gasteiger partial charge in [-0.25, -0.2) is 12.8 Å². The van der Waals surface area contributed by atoms with Crippen LogP contribution in [-0.4, -0.2) is 125 Å². The summed E-state index contributed by atoms with van der Waals surface area (Å²) in [4.78, 5) is 136. The standard InChI is InChI=1S/C25H27ClN2O4S.C22H22F2N2O4.C22H22F2N2O3.C21H18ClN3O2.C21H19F3N2O3/c26-21-13-16(7-11-23(21)33(31,32)18-3-1-2-4-18)20(14-17-8-12-24(29)27-17)22-10-9-19(15-5-6-15)25(30)28-22;1-29-19-10-13(4-8-18(19)30-22(23)24)16(11-14-5-9-20(27)25-14)17-7-6-15(12-2-3-12)21(28)26-17;1-12-10-14(4-8-19(12)29-22(23)24)17(11-15-5-9-20(27)25-15)18-7-6-16(13-2-3-13)21(28)26-18;22-18-6-3-13(9-14(18)11-23)17(10-15-4-8-20(26)24-15)19-7-5-16(12-1-2-12)21(27)25-19;22-16-9-12(3-7-18(16)29-21(23)24)15(10-13-4-8-19(27)25-13)17-6-5-14(11-1-2-11)20(28)26-17/h7,9-11,13-15,17-18H,1-6,8,12H2,(H,27,29)(H,28,30);4,6-8,10-12,14,22H,2-3,5,9H2,1H3,(H,25,27)(H,26,28);4,6-8,10-11,13,15,22H,2-3,5,9H2,1H3,(H,25,27)(H,26,28);3,5-7,9-10,12,15H,1-2,4,8H2,(H,24,26)(H,25,27);3,5-7,9-11,13,21H,1-2,4,8H2,(H,25,27)(H,26,28)/b20-14+;16-11+;17-11+;17-10+;15-10+/t17-;14-;2*15-;13-/m11111/s1. The number of hydrogen-bond donors (Lipinski definition) is 10. The van der Waals surface area contributed by atoms with Crippen molar-refractivity contribution in [3.05, 3.63) is 345 Å². The molecule has 37 heteroatoms. The quantitative estimate of drug-likeness (QED) is 0.0195. The van der Waals surface area contributed by atoms with Crippen molar-refractivity contribution in [3.63, 3.8) is 0 Å². The number of nitriles is 1. The van der Waals surface area contributed by atoms with Gasteiger partial charge in [-0.2, -0.15) is 31.6 Å². The van der Waals surface area contributed by atoms with Gasteiger partial charge in [0, 0.05) is 146 Å². The monoisotopic (exact) mass is 2090 g/mol. The van der Waals surface area contributed by atoms with Crippen LogP contribution in [0.1, 0.15) is 279 Å². The summed E-state index contributed by atoms with van der Waals surface area (Å²) in [6.45, 7) is -7.31. The Kier molecular flexibility index (Phi) is 32.9. The molecule has 5 amide bonds. The van der Waals surface area contributed by atoms with E-state index in [0.717, 1.165) is 134 Å². The number of nitrogens with one attached hydrogen (secondary N) is 10. The number of aromatic nitrogens is 5. The first-order valence-electron chi connectivity index (χ1n) is 49.5. The number of rotatable bonds is 29. The zero-order chi connectivity index (χ0) is 104. The summed E-state index contributed by atoms with van der Waals surface area (Å²) in [5.41, 5.74) is 13.8. The lowest BCUT2D eigenvalue weighted by Crippen LogP contribution is -2.24. The molecule has 6 aliphatic carbocycles. The number of nitrogens with zero attached hydrogens (tertiary/aromatic N) is 1. The van der Waals surface area contributed by atoms with E-state index in [1.54, 1.807) is 79.7 Å². The molecule has 0 bridgehead atoms. The van der Waals surface area contributed by atoms with Crippen molar-refractivity contribution in [1.82, 2.24) is 51.5 Å². The van der Waals surface area contributed by atoms with Crippen LogP contribution >= 0.6 is 23.2 Å². The Morgan fingerprint density at radius 1 is 0.351 bits per heavy atom. The Labute approximate surface area is 856 Å². The Bertz CT molecular complexity index is 7280. The average Bonchev–Trinajstić information content (AvgIpc) is 1.59. The van der Waals surface area contributed by atoms with Gasteiger partial charge in [0.25, 0.3) is 27.8 Å². The van der Waals surface area contributed by atoms with E-state index in [9.17, 15) is 92.4 Å². The van der Waals surface area contributed by atoms with Crippen LogP contribution < -0.4 is 73.3 Å². The number of alkyl halides is 6. The zero-order valence-corrected chi connectivity index (χ0v) is 83.0. The summed E-state index contributed by atoms with van der Waals surface area (Å²) in [7, 11) is -2.12. The minimum absolute atomic E-state index is 0.00999. The summed E-state index contributed by atoms with van der Waals surface area (Å²) in [5.74, 6) is 0.158. The number of pyridine rings is 5. The summed E-state index contributed by atoms with van der Waals surface area (Å²) in [6.07, 6.45) is 28.2. The largest absolute Gasteiger partial charge is 0.493 e. The van der Waals surface area contributed by atoms with Crippen LogP contribution in [0.25, 0.3) is 27.9 Å². The van der Waals surface area contributed by atoms with Gasteiger partial charge in [-0.1, -0.05) is 127 Å². The maximum absolute atomic E-state index is 14.3. The SMILES string of the molecule is COc1cc(/C(=C\[C@H]2CCC(=O)N2)c2ccc(C3CC3)c(=O)[nH]2)ccc1OC(F)F.Cc1cc(/C(=C\[C@H]2CCC(=O)N2)c2ccc(C3CC3)c(=O)[nH]2)ccc1OC(F)F.N#Cc1cc(/C(=C\[C@H]2CCC(=O)N2)c2ccc(C3CC3)c(=O)[nH]2)ccc1Cl.O=C1CC[C@H](/C=C(\c2ccc(OC(F)F)c(F)c2)c2ccc(C3CC3)c(=O)[nH]2)N1.O=C1CC[C@H](/C=C(\c2ccc(S(=O)(=O)C3CCCC3)c(Cl)c2)c2ccc(C3CC3)c(=O)[nH]2)N1. The maximum Gasteiger partial charge on any atom is 0.387 e. The number of carbonyl (C=O) groups excluding carboxylic acids is 5. The highest BCUT2D eigenvalue weighted by Gasteiger charge is 2.37. The third-order valence-electron chi connectivity index (χ3n) is 27.8. The molecule has 5 aliphatic heterocycles. The van der Waals surface area contributed by atoms with E-state index in [4.69, 9.17) is 27.9 Å². The molecule has 10 N–H and O–H groups in total. The Morgan fingerprint density at radius 3 is 0.932 bits per heavy atom. The molecule has 0 unspecified atom stereocenters. The fraction of sp³-hybridized carbons (Fsp3) is 0.360. The summed E-state index contributed by atoms with van der Waals surface area (Å²) < 4.78 is 134. The molecule has 21 rings (SSSR count). The molecule has 10 aromatic rings. The number of hydrogen-bond acceptors (Lipinski definition) is 17. The lowest BCUT2D eigenvalue weighted by atomic mass is 9.96. The van der Waals surface area contributed by atoms with Crippen LogP contribution in [0.15, 0.2) is 211 Å².